The first kappa shape index (κ1) is 19.1. The van der Waals surface area contributed by atoms with E-state index in [1.165, 1.54) is 10.4 Å². The fourth-order valence-corrected chi connectivity index (χ4v) is 8.66. The van der Waals surface area contributed by atoms with E-state index in [0.29, 0.717) is 0 Å². The molecule has 1 N–H and O–H groups in total. The highest BCUT2D eigenvalue weighted by atomic mass is 28.4. The van der Waals surface area contributed by atoms with Crippen molar-refractivity contribution in [1.82, 2.24) is 0 Å². The molecular weight excluding hydrogens is 336 g/mol. The van der Waals surface area contributed by atoms with Crippen molar-refractivity contribution in [1.29, 1.82) is 0 Å². The van der Waals surface area contributed by atoms with Gasteiger partial charge in [0.1, 0.15) is 0 Å². The molecule has 138 valence electrons. The van der Waals surface area contributed by atoms with E-state index < -0.39 is 8.32 Å². The van der Waals surface area contributed by atoms with Gasteiger partial charge in [-0.05, 0) is 27.8 Å². The molecule has 2 aromatic carbocycles. The predicted molar refractivity (Wildman–Crippen MR) is 111 cm³/mol. The first-order valence-corrected chi connectivity index (χ1v) is 11.4. The number of benzene rings is 2. The molecule has 0 saturated heterocycles. The van der Waals surface area contributed by atoms with Crippen LogP contribution in [0.5, 0.6) is 0 Å². The summed E-state index contributed by atoms with van der Waals surface area (Å²) in [5.74, 6) is 0.211. The molecule has 3 rings (SSSR count). The molecule has 3 heteroatoms. The molecule has 2 nitrogen and oxygen atoms in total. The van der Waals surface area contributed by atoms with Crippen LogP contribution in [0.4, 0.5) is 0 Å². The van der Waals surface area contributed by atoms with E-state index in [1.54, 1.807) is 0 Å². The zero-order valence-corrected chi connectivity index (χ0v) is 17.2. The second kappa shape index (κ2) is 7.51. The first-order chi connectivity index (χ1) is 12.3. The summed E-state index contributed by atoms with van der Waals surface area (Å²) in [5, 5.41) is 12.6. The van der Waals surface area contributed by atoms with Crippen LogP contribution in [0.15, 0.2) is 72.8 Å². The van der Waals surface area contributed by atoms with E-state index in [2.05, 4.69) is 94.4 Å². The third kappa shape index (κ3) is 3.57. The number of rotatable bonds is 4. The van der Waals surface area contributed by atoms with Gasteiger partial charge in [-0.2, -0.15) is 0 Å². The van der Waals surface area contributed by atoms with Gasteiger partial charge in [0.2, 0.25) is 0 Å². The third-order valence-corrected chi connectivity index (χ3v) is 10.5. The van der Waals surface area contributed by atoms with Crippen molar-refractivity contribution < 1.29 is 9.53 Å². The molecule has 3 atom stereocenters. The lowest BCUT2D eigenvalue weighted by atomic mass is 9.92. The van der Waals surface area contributed by atoms with Crippen LogP contribution in [0.2, 0.25) is 5.04 Å². The Kier molecular flexibility index (Phi) is 5.52. The van der Waals surface area contributed by atoms with Crippen LogP contribution in [-0.2, 0) is 4.43 Å². The smallest absolute Gasteiger partial charge is 0.261 e. The minimum absolute atomic E-state index is 0.0250. The predicted octanol–water partition coefficient (Wildman–Crippen LogP) is 3.89. The van der Waals surface area contributed by atoms with Gasteiger partial charge in [-0.15, -0.1) is 0 Å². The van der Waals surface area contributed by atoms with Crippen LogP contribution in [-0.4, -0.2) is 25.6 Å². The lowest BCUT2D eigenvalue weighted by Crippen LogP contribution is -2.67. The van der Waals surface area contributed by atoms with Crippen LogP contribution < -0.4 is 10.4 Å². The Morgan fingerprint density at radius 2 is 1.38 bits per heavy atom. The average Bonchev–Trinajstić information content (AvgIpc) is 2.63. The monoisotopic (exact) mass is 366 g/mol. The molecule has 26 heavy (non-hydrogen) atoms. The van der Waals surface area contributed by atoms with Gasteiger partial charge in [-0.25, -0.2) is 0 Å². The Morgan fingerprint density at radius 1 is 0.885 bits per heavy atom. The zero-order valence-electron chi connectivity index (χ0n) is 16.2. The molecule has 0 fully saturated rings. The summed E-state index contributed by atoms with van der Waals surface area (Å²) in [6.45, 7) is 8.98. The van der Waals surface area contributed by atoms with E-state index in [9.17, 15) is 5.11 Å². The van der Waals surface area contributed by atoms with E-state index in [-0.39, 0.29) is 23.2 Å². The van der Waals surface area contributed by atoms with Gasteiger partial charge >= 0.3 is 0 Å². The van der Waals surface area contributed by atoms with Crippen LogP contribution in [0.25, 0.3) is 0 Å². The second-order valence-electron chi connectivity index (χ2n) is 8.41. The summed E-state index contributed by atoms with van der Waals surface area (Å²) >= 11 is 0. The van der Waals surface area contributed by atoms with Crippen molar-refractivity contribution >= 4 is 18.7 Å². The zero-order chi connectivity index (χ0) is 18.8. The van der Waals surface area contributed by atoms with Crippen LogP contribution in [0, 0.1) is 5.92 Å². The molecule has 1 aliphatic rings. The summed E-state index contributed by atoms with van der Waals surface area (Å²) in [7, 11) is -2.52. The van der Waals surface area contributed by atoms with Gasteiger partial charge < -0.3 is 9.53 Å². The van der Waals surface area contributed by atoms with Gasteiger partial charge in [-0.3, -0.25) is 0 Å². The standard InChI is InChI=1S/C23H30O2Si/c1-18-17-19(15-16-22(18)24)25-26(23(2,3)4,20-11-7-5-8-12-20)21-13-9-6-10-14-21/h5-16,18-19,22,24H,17H2,1-4H3/t18-,19+,22+/m1/s1. The lowest BCUT2D eigenvalue weighted by molar-refractivity contribution is 0.105. The van der Waals surface area contributed by atoms with Crippen LogP contribution in [0.1, 0.15) is 34.1 Å². The maximum absolute atomic E-state index is 10.1. The largest absolute Gasteiger partial charge is 0.401 e. The number of aliphatic hydroxyl groups is 1. The SMILES string of the molecule is C[C@@H]1C[C@@H](O[Si](c2ccccc2)(c2ccccc2)C(C)(C)C)C=C[C@@H]1O. The molecule has 0 amide bonds. The molecule has 0 aromatic heterocycles. The van der Waals surface area contributed by atoms with Crippen molar-refractivity contribution in [3.63, 3.8) is 0 Å². The fraction of sp³-hybridized carbons (Fsp3) is 0.391. The Morgan fingerprint density at radius 3 is 1.81 bits per heavy atom. The van der Waals surface area contributed by atoms with Crippen molar-refractivity contribution in [2.24, 2.45) is 5.92 Å². The third-order valence-electron chi connectivity index (χ3n) is 5.46. The van der Waals surface area contributed by atoms with E-state index in [0.717, 1.165) is 6.42 Å². The maximum Gasteiger partial charge on any atom is 0.261 e. The highest BCUT2D eigenvalue weighted by molar-refractivity contribution is 6.99. The van der Waals surface area contributed by atoms with E-state index in [1.807, 2.05) is 6.08 Å². The second-order valence-corrected chi connectivity index (χ2v) is 12.7. The normalized spacial score (nSPS) is 23.8. The number of hydrogen-bond acceptors (Lipinski definition) is 2. The van der Waals surface area contributed by atoms with Crippen molar-refractivity contribution in [3.8, 4) is 0 Å². The minimum atomic E-state index is -2.52. The molecule has 2 aromatic rings. The van der Waals surface area contributed by atoms with Crippen LogP contribution >= 0.6 is 0 Å². The van der Waals surface area contributed by atoms with E-state index in [4.69, 9.17) is 4.43 Å². The topological polar surface area (TPSA) is 29.5 Å². The van der Waals surface area contributed by atoms with Gasteiger partial charge in [0, 0.05) is 0 Å². The van der Waals surface area contributed by atoms with Gasteiger partial charge in [0.05, 0.1) is 12.2 Å². The minimum Gasteiger partial charge on any atom is -0.401 e. The molecular formula is C23H30O2Si. The summed E-state index contributed by atoms with van der Waals surface area (Å²) in [6, 6.07) is 21.4. The average molecular weight is 367 g/mol. The fourth-order valence-electron chi connectivity index (χ4n) is 4.02. The number of aliphatic hydroxyl groups excluding tert-OH is 1. The number of hydrogen-bond donors (Lipinski definition) is 1. The van der Waals surface area contributed by atoms with E-state index >= 15 is 0 Å². The Bertz CT molecular complexity index is 694. The Balaban J connectivity index is 2.14. The van der Waals surface area contributed by atoms with Crippen molar-refractivity contribution in [3.05, 3.63) is 72.8 Å². The van der Waals surface area contributed by atoms with Crippen LogP contribution in [0.3, 0.4) is 0 Å². The van der Waals surface area contributed by atoms with Gasteiger partial charge in [0.25, 0.3) is 8.32 Å². The lowest BCUT2D eigenvalue weighted by Gasteiger charge is -2.45. The van der Waals surface area contributed by atoms with Gasteiger partial charge in [-0.1, -0.05) is 101 Å². The molecule has 0 radical (unpaired) electrons. The Labute approximate surface area is 158 Å². The summed E-state index contributed by atoms with van der Waals surface area (Å²) in [5.41, 5.74) is 0. The van der Waals surface area contributed by atoms with Crippen molar-refractivity contribution in [2.45, 2.75) is 51.4 Å². The first-order valence-electron chi connectivity index (χ1n) is 9.50. The molecule has 0 saturated carbocycles. The maximum atomic E-state index is 10.1. The molecule has 0 spiro atoms. The molecule has 0 aliphatic heterocycles. The summed E-state index contributed by atoms with van der Waals surface area (Å²) in [6.07, 6.45) is 4.47. The quantitative estimate of drug-likeness (QED) is 0.657. The highest BCUT2D eigenvalue weighted by Crippen LogP contribution is 2.38. The molecule has 1 aliphatic carbocycles. The Hall–Kier alpha value is -1.68. The van der Waals surface area contributed by atoms with Gasteiger partial charge in [0.15, 0.2) is 0 Å². The molecule has 0 heterocycles. The molecule has 0 bridgehead atoms. The van der Waals surface area contributed by atoms with Crippen molar-refractivity contribution in [2.75, 3.05) is 0 Å². The summed E-state index contributed by atoms with van der Waals surface area (Å²) < 4.78 is 7.08. The molecule has 0 unspecified atom stereocenters. The highest BCUT2D eigenvalue weighted by Gasteiger charge is 2.51. The summed E-state index contributed by atoms with van der Waals surface area (Å²) in [4.78, 5) is 0.